The van der Waals surface area contributed by atoms with E-state index >= 15 is 0 Å². The number of benzene rings is 1. The van der Waals surface area contributed by atoms with E-state index in [9.17, 15) is 17.2 Å². The Kier molecular flexibility index (Phi) is 3.41. The fourth-order valence-corrected chi connectivity index (χ4v) is 2.99. The molecule has 0 atom stereocenters. The molecule has 0 radical (unpaired) electrons. The monoisotopic (exact) mass is 263 g/mol. The van der Waals surface area contributed by atoms with E-state index in [0.717, 1.165) is 12.1 Å². The van der Waals surface area contributed by atoms with Crippen molar-refractivity contribution in [3.63, 3.8) is 0 Å². The minimum atomic E-state index is -3.75. The summed E-state index contributed by atoms with van der Waals surface area (Å²) in [5.74, 6) is -2.23. The van der Waals surface area contributed by atoms with E-state index in [0.29, 0.717) is 19.3 Å². The lowest BCUT2D eigenvalue weighted by Crippen LogP contribution is -2.40. The molecule has 2 rings (SSSR count). The first-order chi connectivity index (χ1) is 8.01. The smallest absolute Gasteiger partial charge is 0.243 e. The number of hydrogen-bond acceptors (Lipinski definition) is 3. The van der Waals surface area contributed by atoms with Crippen molar-refractivity contribution in [2.24, 2.45) is 0 Å². The molecule has 17 heavy (non-hydrogen) atoms. The Morgan fingerprint density at radius 1 is 1.12 bits per heavy atom. The molecular formula is C10H11F2NO3S. The van der Waals surface area contributed by atoms with Crippen molar-refractivity contribution in [3.05, 3.63) is 29.8 Å². The molecule has 0 amide bonds. The van der Waals surface area contributed by atoms with Crippen LogP contribution in [-0.2, 0) is 14.8 Å². The van der Waals surface area contributed by atoms with Crippen molar-refractivity contribution in [3.8, 4) is 0 Å². The van der Waals surface area contributed by atoms with E-state index in [2.05, 4.69) is 0 Å². The second-order valence-electron chi connectivity index (χ2n) is 3.59. The molecule has 1 aliphatic rings. The van der Waals surface area contributed by atoms with E-state index in [-0.39, 0.29) is 18.0 Å². The third-order valence-electron chi connectivity index (χ3n) is 2.50. The van der Waals surface area contributed by atoms with Crippen LogP contribution in [-0.4, -0.2) is 39.0 Å². The van der Waals surface area contributed by atoms with Crippen molar-refractivity contribution in [2.75, 3.05) is 26.3 Å². The summed E-state index contributed by atoms with van der Waals surface area (Å²) in [6.45, 7) is 1.06. The van der Waals surface area contributed by atoms with E-state index in [1.165, 1.54) is 4.31 Å². The van der Waals surface area contributed by atoms with Gasteiger partial charge >= 0.3 is 0 Å². The summed E-state index contributed by atoms with van der Waals surface area (Å²) in [6.07, 6.45) is 0. The number of sulfonamides is 1. The first kappa shape index (κ1) is 12.4. The largest absolute Gasteiger partial charge is 0.379 e. The van der Waals surface area contributed by atoms with Crippen molar-refractivity contribution < 1.29 is 21.9 Å². The van der Waals surface area contributed by atoms with Crippen LogP contribution in [0.5, 0.6) is 0 Å². The Balaban J connectivity index is 2.33. The van der Waals surface area contributed by atoms with E-state index in [4.69, 9.17) is 4.74 Å². The minimum Gasteiger partial charge on any atom is -0.379 e. The molecular weight excluding hydrogens is 252 g/mol. The van der Waals surface area contributed by atoms with Crippen LogP contribution in [0, 0.1) is 11.6 Å². The van der Waals surface area contributed by atoms with Crippen molar-refractivity contribution in [2.45, 2.75) is 4.90 Å². The molecule has 94 valence electrons. The minimum absolute atomic E-state index is 0.224. The van der Waals surface area contributed by atoms with Crippen LogP contribution in [0.1, 0.15) is 0 Å². The summed E-state index contributed by atoms with van der Waals surface area (Å²) in [4.78, 5) is -0.238. The van der Waals surface area contributed by atoms with Gasteiger partial charge in [-0.2, -0.15) is 4.31 Å². The Morgan fingerprint density at radius 2 is 1.76 bits per heavy atom. The van der Waals surface area contributed by atoms with E-state index in [1.807, 2.05) is 0 Å². The topological polar surface area (TPSA) is 46.6 Å². The number of nitrogens with zero attached hydrogens (tertiary/aromatic N) is 1. The second kappa shape index (κ2) is 4.67. The van der Waals surface area contributed by atoms with Gasteiger partial charge in [-0.25, -0.2) is 17.2 Å². The van der Waals surface area contributed by atoms with Crippen LogP contribution in [0.4, 0.5) is 8.78 Å². The first-order valence-electron chi connectivity index (χ1n) is 5.05. The zero-order chi connectivity index (χ0) is 12.5. The van der Waals surface area contributed by atoms with Crippen molar-refractivity contribution >= 4 is 10.0 Å². The van der Waals surface area contributed by atoms with E-state index < -0.39 is 21.7 Å². The van der Waals surface area contributed by atoms with Gasteiger partial charge in [0.1, 0.15) is 0 Å². The highest BCUT2D eigenvalue weighted by atomic mass is 32.2. The molecule has 7 heteroatoms. The van der Waals surface area contributed by atoms with Crippen molar-refractivity contribution in [1.82, 2.24) is 4.31 Å². The maximum absolute atomic E-state index is 13.0. The number of morpholine rings is 1. The summed E-state index contributed by atoms with van der Waals surface area (Å²) < 4.78 is 56.0. The lowest BCUT2D eigenvalue weighted by Gasteiger charge is -2.26. The molecule has 1 heterocycles. The van der Waals surface area contributed by atoms with Gasteiger partial charge in [-0.05, 0) is 18.2 Å². The van der Waals surface area contributed by atoms with Gasteiger partial charge in [0.05, 0.1) is 18.1 Å². The van der Waals surface area contributed by atoms with Crippen LogP contribution in [0.25, 0.3) is 0 Å². The van der Waals surface area contributed by atoms with Gasteiger partial charge in [-0.15, -0.1) is 0 Å². The van der Waals surface area contributed by atoms with Crippen LogP contribution in [0.2, 0.25) is 0 Å². The lowest BCUT2D eigenvalue weighted by molar-refractivity contribution is 0.0730. The molecule has 0 N–H and O–H groups in total. The van der Waals surface area contributed by atoms with Gasteiger partial charge < -0.3 is 4.74 Å². The normalized spacial score (nSPS) is 18.2. The molecule has 1 aromatic rings. The molecule has 1 aromatic carbocycles. The van der Waals surface area contributed by atoms with Crippen LogP contribution in [0.15, 0.2) is 23.1 Å². The standard InChI is InChI=1S/C10H11F2NO3S/c11-9-2-1-8(7-10(9)12)17(14,15)13-3-5-16-6-4-13/h1-2,7H,3-6H2. The molecule has 0 spiro atoms. The fourth-order valence-electron chi connectivity index (χ4n) is 1.57. The molecule has 1 aliphatic heterocycles. The number of rotatable bonds is 2. The van der Waals surface area contributed by atoms with Gasteiger partial charge in [0, 0.05) is 13.1 Å². The zero-order valence-electron chi connectivity index (χ0n) is 8.90. The molecule has 0 bridgehead atoms. The third-order valence-corrected chi connectivity index (χ3v) is 4.39. The van der Waals surface area contributed by atoms with Crippen LogP contribution in [0.3, 0.4) is 0 Å². The average Bonchev–Trinajstić information content (AvgIpc) is 2.33. The number of halogens is 2. The lowest BCUT2D eigenvalue weighted by atomic mass is 10.3. The molecule has 1 saturated heterocycles. The molecule has 0 saturated carbocycles. The second-order valence-corrected chi connectivity index (χ2v) is 5.53. The van der Waals surface area contributed by atoms with Gasteiger partial charge in [-0.1, -0.05) is 0 Å². The molecule has 4 nitrogen and oxygen atoms in total. The van der Waals surface area contributed by atoms with Gasteiger partial charge in [0.25, 0.3) is 0 Å². The van der Waals surface area contributed by atoms with Gasteiger partial charge in [0.15, 0.2) is 11.6 Å². The summed E-state index contributed by atoms with van der Waals surface area (Å²) in [5, 5.41) is 0. The SMILES string of the molecule is O=S(=O)(c1ccc(F)c(F)c1)N1CCOCC1. The predicted molar refractivity (Wildman–Crippen MR) is 55.9 cm³/mol. The Hall–Kier alpha value is -1.05. The zero-order valence-corrected chi connectivity index (χ0v) is 9.71. The summed E-state index contributed by atoms with van der Waals surface area (Å²) in [5.41, 5.74) is 0. The Morgan fingerprint density at radius 3 is 2.35 bits per heavy atom. The van der Waals surface area contributed by atoms with Gasteiger partial charge in [0.2, 0.25) is 10.0 Å². The van der Waals surface area contributed by atoms with Gasteiger partial charge in [-0.3, -0.25) is 0 Å². The fraction of sp³-hybridized carbons (Fsp3) is 0.400. The summed E-state index contributed by atoms with van der Waals surface area (Å²) in [6, 6.07) is 2.56. The molecule has 0 unspecified atom stereocenters. The van der Waals surface area contributed by atoms with Crippen LogP contribution >= 0.6 is 0 Å². The highest BCUT2D eigenvalue weighted by Gasteiger charge is 2.26. The molecule has 1 fully saturated rings. The molecule has 0 aliphatic carbocycles. The Bertz CT molecular complexity index is 512. The highest BCUT2D eigenvalue weighted by Crippen LogP contribution is 2.19. The highest BCUT2D eigenvalue weighted by molar-refractivity contribution is 7.89. The summed E-state index contributed by atoms with van der Waals surface area (Å²) >= 11 is 0. The van der Waals surface area contributed by atoms with Crippen molar-refractivity contribution in [1.29, 1.82) is 0 Å². The first-order valence-corrected chi connectivity index (χ1v) is 6.49. The number of hydrogen-bond donors (Lipinski definition) is 0. The average molecular weight is 263 g/mol. The molecule has 0 aromatic heterocycles. The predicted octanol–water partition coefficient (Wildman–Crippen LogP) is 0.986. The third kappa shape index (κ3) is 2.46. The van der Waals surface area contributed by atoms with E-state index in [1.54, 1.807) is 0 Å². The maximum Gasteiger partial charge on any atom is 0.243 e. The number of ether oxygens (including phenoxy) is 1. The maximum atomic E-state index is 13.0. The Labute approximate surface area is 97.9 Å². The van der Waals surface area contributed by atoms with Crippen LogP contribution < -0.4 is 0 Å². The summed E-state index contributed by atoms with van der Waals surface area (Å²) in [7, 11) is -3.75. The quantitative estimate of drug-likeness (QED) is 0.799.